The number of hydrogen-bond donors (Lipinski definition) is 1. The number of nitrogen functional groups attached to an aromatic ring is 1. The van der Waals surface area contributed by atoms with Gasteiger partial charge in [0.05, 0.1) is 6.61 Å². The number of benzene rings is 1. The summed E-state index contributed by atoms with van der Waals surface area (Å²) in [6.45, 7) is 7.18. The molecule has 0 amide bonds. The zero-order valence-electron chi connectivity index (χ0n) is 9.21. The normalized spacial score (nSPS) is 10.6. The molecule has 1 rings (SSSR count). The summed E-state index contributed by atoms with van der Waals surface area (Å²) in [5.41, 5.74) is 7.58. The van der Waals surface area contributed by atoms with Gasteiger partial charge in [-0.1, -0.05) is 19.9 Å². The lowest BCUT2D eigenvalue weighted by molar-refractivity contribution is 0.288. The Hall–Kier alpha value is -1.18. The van der Waals surface area contributed by atoms with E-state index in [1.807, 2.05) is 25.1 Å². The van der Waals surface area contributed by atoms with Crippen LogP contribution in [0.4, 0.5) is 5.69 Å². The topological polar surface area (TPSA) is 35.2 Å². The Labute approximate surface area is 86.1 Å². The van der Waals surface area contributed by atoms with Gasteiger partial charge in [-0.3, -0.25) is 0 Å². The molecule has 0 heterocycles. The summed E-state index contributed by atoms with van der Waals surface area (Å²) in [6, 6.07) is 5.76. The molecular weight excluding hydrogens is 174 g/mol. The molecule has 14 heavy (non-hydrogen) atoms. The Bertz CT molecular complexity index is 294. The van der Waals surface area contributed by atoms with Gasteiger partial charge in [0.2, 0.25) is 0 Å². The van der Waals surface area contributed by atoms with Crippen LogP contribution in [-0.2, 0) is 0 Å². The molecule has 2 N–H and O–H groups in total. The highest BCUT2D eigenvalue weighted by Crippen LogP contribution is 2.21. The minimum atomic E-state index is 0.677. The van der Waals surface area contributed by atoms with E-state index >= 15 is 0 Å². The Morgan fingerprint density at radius 3 is 2.71 bits per heavy atom. The average molecular weight is 193 g/mol. The molecule has 0 saturated carbocycles. The molecule has 0 bridgehead atoms. The van der Waals surface area contributed by atoms with Crippen molar-refractivity contribution in [1.82, 2.24) is 0 Å². The molecule has 0 aliphatic carbocycles. The van der Waals surface area contributed by atoms with Crippen LogP contribution in [-0.4, -0.2) is 6.61 Å². The molecule has 0 fully saturated rings. The molecular formula is C12H19NO. The Balaban J connectivity index is 2.53. The first-order valence-corrected chi connectivity index (χ1v) is 5.08. The number of nitrogens with two attached hydrogens (primary N) is 1. The fourth-order valence-electron chi connectivity index (χ4n) is 1.18. The lowest BCUT2D eigenvalue weighted by atomic mass is 10.1. The predicted molar refractivity (Wildman–Crippen MR) is 60.5 cm³/mol. The lowest BCUT2D eigenvalue weighted by Crippen LogP contribution is -2.02. The molecule has 0 unspecified atom stereocenters. The molecule has 1 aromatic rings. The monoisotopic (exact) mass is 193 g/mol. The second kappa shape index (κ2) is 4.89. The molecule has 1 aromatic carbocycles. The minimum Gasteiger partial charge on any atom is -0.493 e. The highest BCUT2D eigenvalue weighted by Gasteiger charge is 2.00. The van der Waals surface area contributed by atoms with Gasteiger partial charge in [0, 0.05) is 11.8 Å². The molecule has 0 spiro atoms. The molecule has 0 aliphatic rings. The Morgan fingerprint density at radius 2 is 2.07 bits per heavy atom. The van der Waals surface area contributed by atoms with E-state index in [2.05, 4.69) is 13.8 Å². The SMILES string of the molecule is Cc1ccc(N)cc1OCCC(C)C. The lowest BCUT2D eigenvalue weighted by Gasteiger charge is -2.10. The van der Waals surface area contributed by atoms with E-state index in [9.17, 15) is 0 Å². The van der Waals surface area contributed by atoms with Crippen LogP contribution < -0.4 is 10.5 Å². The van der Waals surface area contributed by atoms with Gasteiger partial charge in [-0.15, -0.1) is 0 Å². The van der Waals surface area contributed by atoms with Crippen molar-refractivity contribution in [3.63, 3.8) is 0 Å². The van der Waals surface area contributed by atoms with Crippen LogP contribution in [0.15, 0.2) is 18.2 Å². The van der Waals surface area contributed by atoms with E-state index < -0.39 is 0 Å². The van der Waals surface area contributed by atoms with Crippen LogP contribution in [0.3, 0.4) is 0 Å². The van der Waals surface area contributed by atoms with Crippen LogP contribution in [0, 0.1) is 12.8 Å². The minimum absolute atomic E-state index is 0.677. The maximum absolute atomic E-state index is 5.68. The number of rotatable bonds is 4. The summed E-state index contributed by atoms with van der Waals surface area (Å²) in [6.07, 6.45) is 1.08. The van der Waals surface area contributed by atoms with Gasteiger partial charge < -0.3 is 10.5 Å². The summed E-state index contributed by atoms with van der Waals surface area (Å²) in [5.74, 6) is 1.59. The summed E-state index contributed by atoms with van der Waals surface area (Å²) in [7, 11) is 0. The largest absolute Gasteiger partial charge is 0.493 e. The van der Waals surface area contributed by atoms with Crippen molar-refractivity contribution < 1.29 is 4.74 Å². The molecule has 2 heteroatoms. The van der Waals surface area contributed by atoms with Gasteiger partial charge in [0.1, 0.15) is 5.75 Å². The quantitative estimate of drug-likeness (QED) is 0.746. The van der Waals surface area contributed by atoms with Gasteiger partial charge >= 0.3 is 0 Å². The van der Waals surface area contributed by atoms with Crippen molar-refractivity contribution in [2.24, 2.45) is 5.92 Å². The number of aryl methyl sites for hydroxylation is 1. The van der Waals surface area contributed by atoms with Crippen LogP contribution in [0.25, 0.3) is 0 Å². The van der Waals surface area contributed by atoms with E-state index in [0.717, 1.165) is 30.0 Å². The number of hydrogen-bond acceptors (Lipinski definition) is 2. The third-order valence-corrected chi connectivity index (χ3v) is 2.16. The van der Waals surface area contributed by atoms with Gasteiger partial charge in [0.15, 0.2) is 0 Å². The Morgan fingerprint density at radius 1 is 1.36 bits per heavy atom. The van der Waals surface area contributed by atoms with Crippen LogP contribution in [0.1, 0.15) is 25.8 Å². The van der Waals surface area contributed by atoms with Crippen molar-refractivity contribution in [1.29, 1.82) is 0 Å². The third kappa shape index (κ3) is 3.29. The van der Waals surface area contributed by atoms with E-state index in [1.165, 1.54) is 0 Å². The van der Waals surface area contributed by atoms with Crippen molar-refractivity contribution in [2.45, 2.75) is 27.2 Å². The maximum atomic E-state index is 5.68. The van der Waals surface area contributed by atoms with Gasteiger partial charge in [-0.2, -0.15) is 0 Å². The summed E-state index contributed by atoms with van der Waals surface area (Å²) in [4.78, 5) is 0. The van der Waals surface area contributed by atoms with Crippen LogP contribution in [0.5, 0.6) is 5.75 Å². The fraction of sp³-hybridized carbons (Fsp3) is 0.500. The molecule has 0 saturated heterocycles. The first-order chi connectivity index (χ1) is 6.59. The molecule has 2 nitrogen and oxygen atoms in total. The Kier molecular flexibility index (Phi) is 3.81. The van der Waals surface area contributed by atoms with Gasteiger partial charge in [-0.05, 0) is 30.9 Å². The van der Waals surface area contributed by atoms with E-state index in [0.29, 0.717) is 5.92 Å². The molecule has 0 aliphatic heterocycles. The van der Waals surface area contributed by atoms with Crippen molar-refractivity contribution in [3.05, 3.63) is 23.8 Å². The zero-order chi connectivity index (χ0) is 10.6. The second-order valence-corrected chi connectivity index (χ2v) is 4.06. The maximum Gasteiger partial charge on any atom is 0.124 e. The molecule has 78 valence electrons. The van der Waals surface area contributed by atoms with E-state index in [4.69, 9.17) is 10.5 Å². The van der Waals surface area contributed by atoms with Gasteiger partial charge in [0.25, 0.3) is 0 Å². The average Bonchev–Trinajstić information content (AvgIpc) is 2.10. The summed E-state index contributed by atoms with van der Waals surface area (Å²) >= 11 is 0. The first-order valence-electron chi connectivity index (χ1n) is 5.08. The smallest absolute Gasteiger partial charge is 0.124 e. The number of anilines is 1. The predicted octanol–water partition coefficient (Wildman–Crippen LogP) is 3.00. The van der Waals surface area contributed by atoms with E-state index in [1.54, 1.807) is 0 Å². The highest BCUT2D eigenvalue weighted by atomic mass is 16.5. The second-order valence-electron chi connectivity index (χ2n) is 4.06. The molecule has 0 radical (unpaired) electrons. The van der Waals surface area contributed by atoms with Crippen molar-refractivity contribution in [3.8, 4) is 5.75 Å². The highest BCUT2D eigenvalue weighted by molar-refractivity contribution is 5.47. The summed E-state index contributed by atoms with van der Waals surface area (Å²) < 4.78 is 5.65. The van der Waals surface area contributed by atoms with Crippen molar-refractivity contribution in [2.75, 3.05) is 12.3 Å². The zero-order valence-corrected chi connectivity index (χ0v) is 9.21. The standard InChI is InChI=1S/C12H19NO/c1-9(2)6-7-14-12-8-11(13)5-4-10(12)3/h4-5,8-9H,6-7,13H2,1-3H3. The molecule has 0 atom stereocenters. The third-order valence-electron chi connectivity index (χ3n) is 2.16. The molecule has 0 aromatic heterocycles. The van der Waals surface area contributed by atoms with E-state index in [-0.39, 0.29) is 0 Å². The first kappa shape index (κ1) is 10.9. The van der Waals surface area contributed by atoms with Crippen molar-refractivity contribution >= 4 is 5.69 Å². The van der Waals surface area contributed by atoms with Crippen LogP contribution in [0.2, 0.25) is 0 Å². The fourth-order valence-corrected chi connectivity index (χ4v) is 1.18. The van der Waals surface area contributed by atoms with Gasteiger partial charge in [-0.25, -0.2) is 0 Å². The van der Waals surface area contributed by atoms with Crippen LogP contribution >= 0.6 is 0 Å². The summed E-state index contributed by atoms with van der Waals surface area (Å²) in [5, 5.41) is 0. The number of ether oxygens (including phenoxy) is 1.